The van der Waals surface area contributed by atoms with Gasteiger partial charge in [-0.15, -0.1) is 0 Å². The van der Waals surface area contributed by atoms with Crippen molar-refractivity contribution < 1.29 is 27.1 Å². The second kappa shape index (κ2) is 11.3. The molecule has 0 aliphatic carbocycles. The van der Waals surface area contributed by atoms with E-state index >= 15 is 0 Å². The van der Waals surface area contributed by atoms with Crippen LogP contribution in [0.2, 0.25) is 0 Å². The number of rotatable bonds is 11. The van der Waals surface area contributed by atoms with E-state index in [9.17, 15) is 22.4 Å². The number of nitrogens with one attached hydrogen (secondary N) is 2. The summed E-state index contributed by atoms with van der Waals surface area (Å²) in [4.78, 5) is 23.8. The maximum absolute atomic E-state index is 13.1. The second-order valence-corrected chi connectivity index (χ2v) is 8.72. The van der Waals surface area contributed by atoms with Gasteiger partial charge in [0.05, 0.1) is 17.9 Å². The molecule has 0 atom stereocenters. The average Bonchev–Trinajstić information content (AvgIpc) is 2.68. The summed E-state index contributed by atoms with van der Waals surface area (Å²) in [6, 6.07) is 11.9. The summed E-state index contributed by atoms with van der Waals surface area (Å²) < 4.78 is 41.4. The van der Waals surface area contributed by atoms with Gasteiger partial charge in [-0.25, -0.2) is 12.8 Å². The third kappa shape index (κ3) is 8.60. The molecule has 0 heterocycles. The quantitative estimate of drug-likeness (QED) is 0.524. The highest BCUT2D eigenvalue weighted by molar-refractivity contribution is 7.90. The molecule has 0 saturated carbocycles. The molecule has 162 valence electrons. The molecule has 9 heteroatoms. The maximum atomic E-state index is 13.1. The Balaban J connectivity index is 1.55. The molecule has 0 bridgehead atoms. The summed E-state index contributed by atoms with van der Waals surface area (Å²) in [6.07, 6.45) is 1.97. The molecule has 0 unspecified atom stereocenters. The zero-order chi connectivity index (χ0) is 22.0. The molecule has 2 amide bonds. The van der Waals surface area contributed by atoms with Gasteiger partial charge in [-0.05, 0) is 48.4 Å². The zero-order valence-electron chi connectivity index (χ0n) is 16.7. The molecule has 0 saturated heterocycles. The van der Waals surface area contributed by atoms with Gasteiger partial charge in [0.1, 0.15) is 11.6 Å². The molecule has 0 spiro atoms. The first-order valence-electron chi connectivity index (χ1n) is 9.45. The van der Waals surface area contributed by atoms with Crippen molar-refractivity contribution >= 4 is 21.7 Å². The molecule has 2 rings (SSSR count). The minimum absolute atomic E-state index is 0.0776. The average molecular weight is 437 g/mol. The normalized spacial score (nSPS) is 11.0. The predicted molar refractivity (Wildman–Crippen MR) is 110 cm³/mol. The van der Waals surface area contributed by atoms with Crippen molar-refractivity contribution in [2.24, 2.45) is 0 Å². The SMILES string of the molecule is CS(=O)(=O)c1ccc(OCCCC(=O)NCCNC(=O)Cc2cccc(F)c2)cc1. The molecule has 0 radical (unpaired) electrons. The van der Waals surface area contributed by atoms with E-state index in [0.717, 1.165) is 6.26 Å². The lowest BCUT2D eigenvalue weighted by Crippen LogP contribution is -2.35. The Hall–Kier alpha value is -2.94. The number of sulfone groups is 1. The second-order valence-electron chi connectivity index (χ2n) is 6.70. The lowest BCUT2D eigenvalue weighted by atomic mass is 10.1. The molecule has 0 fully saturated rings. The first kappa shape index (κ1) is 23.3. The zero-order valence-corrected chi connectivity index (χ0v) is 17.5. The van der Waals surface area contributed by atoms with E-state index in [-0.39, 0.29) is 41.9 Å². The van der Waals surface area contributed by atoms with Crippen LogP contribution >= 0.6 is 0 Å². The standard InChI is InChI=1S/C21H25FN2O5S/c1-30(27,28)19-9-7-18(8-10-19)29-13-3-6-20(25)23-11-12-24-21(26)15-16-4-2-5-17(22)14-16/h2,4-5,7-10,14H,3,6,11-13,15H2,1H3,(H,23,25)(H,24,26). The topological polar surface area (TPSA) is 102 Å². The minimum atomic E-state index is -3.24. The van der Waals surface area contributed by atoms with Crippen molar-refractivity contribution in [1.82, 2.24) is 10.6 Å². The van der Waals surface area contributed by atoms with Crippen LogP contribution in [0.15, 0.2) is 53.4 Å². The Labute approximate surface area is 175 Å². The highest BCUT2D eigenvalue weighted by Crippen LogP contribution is 2.16. The molecule has 0 aliphatic rings. The van der Waals surface area contributed by atoms with Gasteiger partial charge in [-0.2, -0.15) is 0 Å². The van der Waals surface area contributed by atoms with Gasteiger partial charge in [0.15, 0.2) is 9.84 Å². The van der Waals surface area contributed by atoms with Gasteiger partial charge in [-0.1, -0.05) is 12.1 Å². The molecule has 2 aromatic rings. The Morgan fingerprint density at radius 2 is 1.67 bits per heavy atom. The van der Waals surface area contributed by atoms with Crippen LogP contribution < -0.4 is 15.4 Å². The van der Waals surface area contributed by atoms with E-state index in [1.165, 1.54) is 24.3 Å². The van der Waals surface area contributed by atoms with Crippen LogP contribution in [0, 0.1) is 5.82 Å². The largest absolute Gasteiger partial charge is 0.494 e. The number of carbonyl (C=O) groups excluding carboxylic acids is 2. The molecular weight excluding hydrogens is 411 g/mol. The molecule has 30 heavy (non-hydrogen) atoms. The number of hydrogen-bond acceptors (Lipinski definition) is 5. The first-order valence-corrected chi connectivity index (χ1v) is 11.3. The van der Waals surface area contributed by atoms with Crippen molar-refractivity contribution in [3.05, 3.63) is 59.9 Å². The Morgan fingerprint density at radius 3 is 2.30 bits per heavy atom. The van der Waals surface area contributed by atoms with Crippen molar-refractivity contribution in [3.8, 4) is 5.75 Å². The summed E-state index contributed by atoms with van der Waals surface area (Å²) in [6.45, 7) is 0.890. The third-order valence-electron chi connectivity index (χ3n) is 4.09. The smallest absolute Gasteiger partial charge is 0.224 e. The summed E-state index contributed by atoms with van der Waals surface area (Å²) in [5.74, 6) is -0.262. The number of ether oxygens (including phenoxy) is 1. The van der Waals surface area contributed by atoms with Gasteiger partial charge < -0.3 is 15.4 Å². The van der Waals surface area contributed by atoms with Crippen LogP contribution in [0.25, 0.3) is 0 Å². The fraction of sp³-hybridized carbons (Fsp3) is 0.333. The van der Waals surface area contributed by atoms with Crippen LogP contribution in [0.5, 0.6) is 5.75 Å². The maximum Gasteiger partial charge on any atom is 0.224 e. The van der Waals surface area contributed by atoms with Crippen LogP contribution in [0.3, 0.4) is 0 Å². The van der Waals surface area contributed by atoms with E-state index in [0.29, 0.717) is 30.9 Å². The van der Waals surface area contributed by atoms with E-state index in [1.54, 1.807) is 24.3 Å². The number of hydrogen-bond donors (Lipinski definition) is 2. The Bertz CT molecular complexity index is 962. The van der Waals surface area contributed by atoms with Gasteiger partial charge in [0.2, 0.25) is 11.8 Å². The third-order valence-corrected chi connectivity index (χ3v) is 5.22. The molecule has 2 N–H and O–H groups in total. The Kier molecular flexibility index (Phi) is 8.79. The van der Waals surface area contributed by atoms with Gasteiger partial charge in [0, 0.05) is 25.8 Å². The number of carbonyl (C=O) groups is 2. The van der Waals surface area contributed by atoms with Crippen molar-refractivity contribution in [3.63, 3.8) is 0 Å². The summed E-state index contributed by atoms with van der Waals surface area (Å²) in [7, 11) is -3.24. The molecular formula is C21H25FN2O5S. The highest BCUT2D eigenvalue weighted by Gasteiger charge is 2.07. The van der Waals surface area contributed by atoms with Crippen LogP contribution in [-0.4, -0.2) is 46.2 Å². The molecule has 0 aliphatic heterocycles. The van der Waals surface area contributed by atoms with Crippen LogP contribution in [-0.2, 0) is 25.8 Å². The summed E-state index contributed by atoms with van der Waals surface area (Å²) in [5, 5.41) is 5.36. The summed E-state index contributed by atoms with van der Waals surface area (Å²) in [5.41, 5.74) is 0.586. The lowest BCUT2D eigenvalue weighted by Gasteiger charge is -2.09. The monoisotopic (exact) mass is 436 g/mol. The highest BCUT2D eigenvalue weighted by atomic mass is 32.2. The van der Waals surface area contributed by atoms with Crippen molar-refractivity contribution in [1.29, 1.82) is 0 Å². The van der Waals surface area contributed by atoms with Crippen LogP contribution in [0.4, 0.5) is 4.39 Å². The molecule has 7 nitrogen and oxygen atoms in total. The first-order chi connectivity index (χ1) is 14.2. The minimum Gasteiger partial charge on any atom is -0.494 e. The van der Waals surface area contributed by atoms with Crippen molar-refractivity contribution in [2.45, 2.75) is 24.2 Å². The van der Waals surface area contributed by atoms with Crippen molar-refractivity contribution in [2.75, 3.05) is 26.0 Å². The van der Waals surface area contributed by atoms with Crippen LogP contribution in [0.1, 0.15) is 18.4 Å². The predicted octanol–water partition coefficient (Wildman–Crippen LogP) is 1.86. The number of benzene rings is 2. The lowest BCUT2D eigenvalue weighted by molar-refractivity contribution is -0.122. The number of amides is 2. The summed E-state index contributed by atoms with van der Waals surface area (Å²) >= 11 is 0. The Morgan fingerprint density at radius 1 is 1.00 bits per heavy atom. The van der Waals surface area contributed by atoms with E-state index in [1.807, 2.05) is 0 Å². The fourth-order valence-corrected chi connectivity index (χ4v) is 3.22. The van der Waals surface area contributed by atoms with Gasteiger partial charge in [0.25, 0.3) is 0 Å². The fourth-order valence-electron chi connectivity index (χ4n) is 2.59. The van der Waals surface area contributed by atoms with Gasteiger partial charge in [-0.3, -0.25) is 9.59 Å². The van der Waals surface area contributed by atoms with E-state index in [2.05, 4.69) is 10.6 Å². The van der Waals surface area contributed by atoms with Gasteiger partial charge >= 0.3 is 0 Å². The molecule has 2 aromatic carbocycles. The van der Waals surface area contributed by atoms with E-state index in [4.69, 9.17) is 4.74 Å². The number of halogens is 1. The van der Waals surface area contributed by atoms with E-state index < -0.39 is 9.84 Å². The molecule has 0 aromatic heterocycles.